The first-order valence-corrected chi connectivity index (χ1v) is 9.95. The highest BCUT2D eigenvalue weighted by molar-refractivity contribution is 7.19. The molecule has 0 saturated heterocycles. The maximum absolute atomic E-state index is 13.1. The van der Waals surface area contributed by atoms with E-state index < -0.39 is 28.8 Å². The van der Waals surface area contributed by atoms with Gasteiger partial charge in [0, 0.05) is 11.6 Å². The number of aryl methyl sites for hydroxylation is 1. The van der Waals surface area contributed by atoms with Crippen molar-refractivity contribution < 1.29 is 18.0 Å². The van der Waals surface area contributed by atoms with Crippen LogP contribution in [-0.2, 0) is 12.7 Å². The quantitative estimate of drug-likeness (QED) is 0.515. The first-order chi connectivity index (χ1) is 14.7. The Hall–Kier alpha value is -3.53. The number of carbonyl (C=O) groups excluding carboxylic acids is 1. The molecule has 0 atom stereocenters. The summed E-state index contributed by atoms with van der Waals surface area (Å²) in [6.45, 7) is 1.74. The zero-order valence-electron chi connectivity index (χ0n) is 16.1. The molecule has 4 aromatic rings. The fourth-order valence-corrected chi connectivity index (χ4v) is 3.96. The minimum Gasteiger partial charge on any atom is -0.346 e. The summed E-state index contributed by atoms with van der Waals surface area (Å²) in [7, 11) is 0. The lowest BCUT2D eigenvalue weighted by Gasteiger charge is -2.12. The van der Waals surface area contributed by atoms with Gasteiger partial charge < -0.3 is 5.32 Å². The number of alkyl halides is 3. The summed E-state index contributed by atoms with van der Waals surface area (Å²) in [5.41, 5.74) is 0.143. The molecule has 0 radical (unpaired) electrons. The van der Waals surface area contributed by atoms with Gasteiger partial charge in [-0.1, -0.05) is 47.2 Å². The summed E-state index contributed by atoms with van der Waals surface area (Å²) in [4.78, 5) is 29.4. The summed E-state index contributed by atoms with van der Waals surface area (Å²) in [5.74, 6) is -0.903. The van der Waals surface area contributed by atoms with Crippen LogP contribution in [0.25, 0.3) is 15.5 Å². The lowest BCUT2D eigenvalue weighted by Crippen LogP contribution is -2.27. The van der Waals surface area contributed by atoms with Gasteiger partial charge in [0.25, 0.3) is 11.5 Å². The third kappa shape index (κ3) is 4.33. The van der Waals surface area contributed by atoms with Gasteiger partial charge in [0.15, 0.2) is 0 Å². The Kier molecular flexibility index (Phi) is 5.32. The van der Waals surface area contributed by atoms with Crippen LogP contribution in [0.5, 0.6) is 0 Å². The Morgan fingerprint density at radius 1 is 1.13 bits per heavy atom. The van der Waals surface area contributed by atoms with Crippen molar-refractivity contribution in [2.45, 2.75) is 19.6 Å². The number of fused-ring (bicyclic) bond motifs is 1. The molecule has 0 bridgehead atoms. The third-order valence-corrected chi connectivity index (χ3v) is 5.43. The number of halogens is 3. The molecule has 6 nitrogen and oxygen atoms in total. The van der Waals surface area contributed by atoms with Crippen LogP contribution in [0.2, 0.25) is 0 Å². The van der Waals surface area contributed by atoms with Gasteiger partial charge in [0.05, 0.1) is 23.4 Å². The van der Waals surface area contributed by atoms with Gasteiger partial charge >= 0.3 is 6.18 Å². The van der Waals surface area contributed by atoms with E-state index >= 15 is 0 Å². The van der Waals surface area contributed by atoms with E-state index in [1.165, 1.54) is 29.5 Å². The number of benzene rings is 2. The van der Waals surface area contributed by atoms with Crippen LogP contribution in [-0.4, -0.2) is 20.5 Å². The lowest BCUT2D eigenvalue weighted by atomic mass is 10.1. The molecule has 0 aliphatic heterocycles. The number of nitrogens with zero attached hydrogens (tertiary/aromatic N) is 3. The Balaban J connectivity index is 1.59. The van der Waals surface area contributed by atoms with Crippen LogP contribution in [0.1, 0.15) is 27.2 Å². The molecule has 0 fully saturated rings. The van der Waals surface area contributed by atoms with Crippen LogP contribution < -0.4 is 10.9 Å². The number of nitrogens with one attached hydrogen (secondary N) is 1. The number of carbonyl (C=O) groups is 1. The van der Waals surface area contributed by atoms with E-state index in [9.17, 15) is 22.8 Å². The number of amides is 1. The fourth-order valence-electron chi connectivity index (χ4n) is 3.04. The largest absolute Gasteiger partial charge is 0.417 e. The van der Waals surface area contributed by atoms with Crippen molar-refractivity contribution in [2.24, 2.45) is 0 Å². The Morgan fingerprint density at radius 2 is 1.90 bits per heavy atom. The molecule has 158 valence electrons. The van der Waals surface area contributed by atoms with Crippen molar-refractivity contribution in [3.05, 3.63) is 87.3 Å². The average Bonchev–Trinajstić information content (AvgIpc) is 3.16. The standard InChI is InChI=1S/C21H15F3N4O2S/c1-12-5-4-6-13(9-12)19-27-28-17(29)10-14(26-20(28)31-19)11-25-18(30)15-7-2-3-8-16(15)21(22,23)24/h2-10H,11H2,1H3,(H,25,30). The summed E-state index contributed by atoms with van der Waals surface area (Å²) in [6.07, 6.45) is -4.65. The fraction of sp³-hybridized carbons (Fsp3) is 0.143. The molecule has 2 aromatic carbocycles. The van der Waals surface area contributed by atoms with E-state index in [-0.39, 0.29) is 12.2 Å². The summed E-state index contributed by atoms with van der Waals surface area (Å²) < 4.78 is 40.5. The molecule has 0 saturated carbocycles. The highest BCUT2D eigenvalue weighted by atomic mass is 32.1. The molecule has 0 spiro atoms. The molecule has 0 aliphatic carbocycles. The molecule has 2 aromatic heterocycles. The second-order valence-electron chi connectivity index (χ2n) is 6.78. The molecule has 2 heterocycles. The summed E-state index contributed by atoms with van der Waals surface area (Å²) >= 11 is 1.20. The Labute approximate surface area is 178 Å². The monoisotopic (exact) mass is 444 g/mol. The lowest BCUT2D eigenvalue weighted by molar-refractivity contribution is -0.137. The number of aromatic nitrogens is 3. The second kappa shape index (κ2) is 7.95. The van der Waals surface area contributed by atoms with Gasteiger partial charge in [-0.15, -0.1) is 0 Å². The van der Waals surface area contributed by atoms with Gasteiger partial charge in [0.1, 0.15) is 5.01 Å². The van der Waals surface area contributed by atoms with Crippen molar-refractivity contribution in [1.82, 2.24) is 19.9 Å². The van der Waals surface area contributed by atoms with Gasteiger partial charge in [0.2, 0.25) is 4.96 Å². The third-order valence-electron chi connectivity index (χ3n) is 4.47. The van der Waals surface area contributed by atoms with Crippen molar-refractivity contribution in [3.63, 3.8) is 0 Å². The Morgan fingerprint density at radius 3 is 2.65 bits per heavy atom. The smallest absolute Gasteiger partial charge is 0.346 e. The van der Waals surface area contributed by atoms with Crippen molar-refractivity contribution in [1.29, 1.82) is 0 Å². The van der Waals surface area contributed by atoms with Crippen molar-refractivity contribution in [2.75, 3.05) is 0 Å². The topological polar surface area (TPSA) is 76.4 Å². The van der Waals surface area contributed by atoms with E-state index in [0.29, 0.717) is 9.97 Å². The highest BCUT2D eigenvalue weighted by Gasteiger charge is 2.34. The SMILES string of the molecule is Cc1cccc(-c2nn3c(=O)cc(CNC(=O)c4ccccc4C(F)(F)F)nc3s2)c1. The zero-order chi connectivity index (χ0) is 22.2. The van der Waals surface area contributed by atoms with Gasteiger partial charge in [-0.2, -0.15) is 22.8 Å². The van der Waals surface area contributed by atoms with Crippen LogP contribution in [0.4, 0.5) is 13.2 Å². The van der Waals surface area contributed by atoms with Crippen LogP contribution in [0, 0.1) is 6.92 Å². The maximum atomic E-state index is 13.1. The normalized spacial score (nSPS) is 11.6. The Bertz CT molecular complexity index is 1340. The van der Waals surface area contributed by atoms with Crippen molar-refractivity contribution in [3.8, 4) is 10.6 Å². The molecular weight excluding hydrogens is 429 g/mol. The van der Waals surface area contributed by atoms with E-state index in [2.05, 4.69) is 15.4 Å². The van der Waals surface area contributed by atoms with E-state index in [1.54, 1.807) is 0 Å². The zero-order valence-corrected chi connectivity index (χ0v) is 16.9. The molecule has 31 heavy (non-hydrogen) atoms. The van der Waals surface area contributed by atoms with E-state index in [4.69, 9.17) is 0 Å². The molecule has 1 amide bonds. The van der Waals surface area contributed by atoms with Gasteiger partial charge in [-0.3, -0.25) is 9.59 Å². The van der Waals surface area contributed by atoms with Gasteiger partial charge in [-0.05, 0) is 25.1 Å². The minimum absolute atomic E-state index is 0.200. The number of hydrogen-bond donors (Lipinski definition) is 1. The van der Waals surface area contributed by atoms with E-state index in [0.717, 1.165) is 27.8 Å². The molecule has 10 heteroatoms. The van der Waals surface area contributed by atoms with Crippen LogP contribution >= 0.6 is 11.3 Å². The maximum Gasteiger partial charge on any atom is 0.417 e. The van der Waals surface area contributed by atoms with Crippen LogP contribution in [0.15, 0.2) is 59.4 Å². The molecule has 4 rings (SSSR count). The first kappa shape index (κ1) is 20.7. The number of hydrogen-bond acceptors (Lipinski definition) is 5. The summed E-state index contributed by atoms with van der Waals surface area (Å²) in [5, 5.41) is 7.30. The van der Waals surface area contributed by atoms with Gasteiger partial charge in [-0.25, -0.2) is 4.98 Å². The first-order valence-electron chi connectivity index (χ1n) is 9.13. The average molecular weight is 444 g/mol. The molecule has 1 N–H and O–H groups in total. The second-order valence-corrected chi connectivity index (χ2v) is 7.74. The predicted molar refractivity (Wildman–Crippen MR) is 110 cm³/mol. The minimum atomic E-state index is -4.65. The predicted octanol–water partition coefficient (Wildman–Crippen LogP) is 4.08. The summed E-state index contributed by atoms with van der Waals surface area (Å²) in [6, 6.07) is 13.3. The van der Waals surface area contributed by atoms with Crippen molar-refractivity contribution >= 4 is 22.2 Å². The number of rotatable bonds is 4. The molecule has 0 unspecified atom stereocenters. The van der Waals surface area contributed by atoms with E-state index in [1.807, 2.05) is 31.2 Å². The van der Waals surface area contributed by atoms with Crippen LogP contribution in [0.3, 0.4) is 0 Å². The highest BCUT2D eigenvalue weighted by Crippen LogP contribution is 2.31. The molecule has 0 aliphatic rings. The molecular formula is C21H15F3N4O2S.